The molecule has 0 N–H and O–H groups in total. The highest BCUT2D eigenvalue weighted by Crippen LogP contribution is 2.51. The molecule has 0 saturated heterocycles. The van der Waals surface area contributed by atoms with Crippen LogP contribution in [0.4, 0.5) is 17.1 Å². The first-order valence-corrected chi connectivity index (χ1v) is 16.1. The molecule has 0 saturated carbocycles. The first kappa shape index (κ1) is 27.3. The summed E-state index contributed by atoms with van der Waals surface area (Å²) in [6.07, 6.45) is 0. The molecular weight excluding hydrogens is 573 g/mol. The molecule has 0 aliphatic carbocycles. The van der Waals surface area contributed by atoms with Crippen molar-refractivity contribution < 1.29 is 0 Å². The number of rotatable bonds is 4. The third-order valence-corrected chi connectivity index (χ3v) is 9.64. The van der Waals surface area contributed by atoms with Gasteiger partial charge in [-0.15, -0.1) is 5.10 Å². The van der Waals surface area contributed by atoms with Crippen LogP contribution in [0.15, 0.2) is 158 Å². The number of benzene rings is 7. The molecule has 4 heteroatoms. The number of fused-ring (bicyclic) bond motifs is 5. The van der Waals surface area contributed by atoms with Gasteiger partial charge < -0.3 is 4.90 Å². The van der Waals surface area contributed by atoms with E-state index in [1.165, 1.54) is 38.7 Å². The van der Waals surface area contributed by atoms with E-state index in [1.807, 2.05) is 22.9 Å². The van der Waals surface area contributed by atoms with E-state index in [-0.39, 0.29) is 5.41 Å². The lowest BCUT2D eigenvalue weighted by Gasteiger charge is -2.42. The molecule has 0 spiro atoms. The van der Waals surface area contributed by atoms with Gasteiger partial charge in [0.15, 0.2) is 11.6 Å². The average molecular weight is 605 g/mol. The van der Waals surface area contributed by atoms with E-state index in [0.29, 0.717) is 5.82 Å². The van der Waals surface area contributed by atoms with E-state index in [1.54, 1.807) is 0 Å². The highest BCUT2D eigenvalue weighted by atomic mass is 15.4. The number of aromatic nitrogens is 3. The maximum Gasteiger partial charge on any atom is 0.182 e. The maximum absolute atomic E-state index is 5.26. The number of hydrogen-bond acceptors (Lipinski definition) is 3. The Morgan fingerprint density at radius 2 is 1.09 bits per heavy atom. The molecule has 0 radical (unpaired) electrons. The van der Waals surface area contributed by atoms with Gasteiger partial charge in [0.05, 0.1) is 17.1 Å². The Labute approximate surface area is 274 Å². The van der Waals surface area contributed by atoms with Gasteiger partial charge in [-0.2, -0.15) is 0 Å². The lowest BCUT2D eigenvalue weighted by molar-refractivity contribution is 0.632. The summed E-state index contributed by atoms with van der Waals surface area (Å²) in [4.78, 5) is 7.64. The van der Waals surface area contributed by atoms with Gasteiger partial charge in [0.1, 0.15) is 0 Å². The van der Waals surface area contributed by atoms with Crippen LogP contribution in [0, 0.1) is 0 Å². The number of nitrogens with zero attached hydrogens (tertiary/aromatic N) is 4. The zero-order valence-electron chi connectivity index (χ0n) is 26.3. The monoisotopic (exact) mass is 604 g/mol. The summed E-state index contributed by atoms with van der Waals surface area (Å²) < 4.78 is 1.97. The second-order valence-corrected chi connectivity index (χ2v) is 12.7. The zero-order valence-corrected chi connectivity index (χ0v) is 26.3. The lowest BCUT2D eigenvalue weighted by atomic mass is 9.73. The van der Waals surface area contributed by atoms with Crippen molar-refractivity contribution in [3.8, 4) is 28.5 Å². The molecule has 9 rings (SSSR count). The number of para-hydroxylation sites is 3. The molecule has 7 aromatic carbocycles. The standard InChI is InChI=1S/C43H32N4/c1-43(2)37-20-10-12-22-39(37)46(40-23-13-11-21-38(40)43)31-26-24-29(25-27-31)42-44-41(45-47(42)32-15-4-3-5-16-32)36-28-30-14-6-7-17-33(30)34-18-8-9-19-35(34)36/h3-28H,1-2H3. The Morgan fingerprint density at radius 3 is 1.79 bits per heavy atom. The summed E-state index contributed by atoms with van der Waals surface area (Å²) in [6.45, 7) is 4.63. The quantitative estimate of drug-likeness (QED) is 0.187. The maximum atomic E-state index is 5.26. The molecule has 0 atom stereocenters. The van der Waals surface area contributed by atoms with Gasteiger partial charge in [0, 0.05) is 22.2 Å². The minimum Gasteiger partial charge on any atom is -0.310 e. The minimum absolute atomic E-state index is 0.0981. The van der Waals surface area contributed by atoms with E-state index in [9.17, 15) is 0 Å². The Morgan fingerprint density at radius 1 is 0.511 bits per heavy atom. The van der Waals surface area contributed by atoms with Crippen molar-refractivity contribution in [2.75, 3.05) is 4.90 Å². The zero-order chi connectivity index (χ0) is 31.5. The molecule has 1 aliphatic heterocycles. The molecule has 1 aromatic heterocycles. The summed E-state index contributed by atoms with van der Waals surface area (Å²) in [7, 11) is 0. The van der Waals surface area contributed by atoms with Crippen molar-refractivity contribution in [2.45, 2.75) is 19.3 Å². The van der Waals surface area contributed by atoms with Gasteiger partial charge in [-0.1, -0.05) is 117 Å². The SMILES string of the molecule is CC1(C)c2ccccc2N(c2ccc(-c3nc(-c4cc5ccccc5c5ccccc45)nn3-c3ccccc3)cc2)c2ccccc21. The van der Waals surface area contributed by atoms with E-state index >= 15 is 0 Å². The second kappa shape index (κ2) is 10.5. The van der Waals surface area contributed by atoms with Crippen LogP contribution in [0.1, 0.15) is 25.0 Å². The third kappa shape index (κ3) is 4.29. The molecule has 47 heavy (non-hydrogen) atoms. The van der Waals surface area contributed by atoms with Crippen LogP contribution in [-0.2, 0) is 5.41 Å². The summed E-state index contributed by atoms with van der Waals surface area (Å²) in [5.41, 5.74) is 9.06. The van der Waals surface area contributed by atoms with Gasteiger partial charge in [-0.05, 0) is 87.3 Å². The first-order chi connectivity index (χ1) is 23.1. The molecule has 8 aromatic rings. The largest absolute Gasteiger partial charge is 0.310 e. The van der Waals surface area contributed by atoms with Crippen LogP contribution in [0.3, 0.4) is 0 Å². The highest BCUT2D eigenvalue weighted by Gasteiger charge is 2.36. The van der Waals surface area contributed by atoms with Gasteiger partial charge >= 0.3 is 0 Å². The van der Waals surface area contributed by atoms with Crippen molar-refractivity contribution in [1.82, 2.24) is 14.8 Å². The average Bonchev–Trinajstić information content (AvgIpc) is 3.58. The van der Waals surface area contributed by atoms with E-state index < -0.39 is 0 Å². The Bertz CT molecular complexity index is 2390. The topological polar surface area (TPSA) is 34.0 Å². The fourth-order valence-corrected chi connectivity index (χ4v) is 7.31. The molecule has 224 valence electrons. The molecular formula is C43H32N4. The lowest BCUT2D eigenvalue weighted by Crippen LogP contribution is -2.30. The molecule has 0 unspecified atom stereocenters. The summed E-state index contributed by atoms with van der Waals surface area (Å²) in [6, 6.07) is 55.9. The summed E-state index contributed by atoms with van der Waals surface area (Å²) in [5, 5.41) is 9.92. The van der Waals surface area contributed by atoms with Crippen molar-refractivity contribution in [3.05, 3.63) is 169 Å². The Kier molecular flexibility index (Phi) is 6.12. The number of hydrogen-bond donors (Lipinski definition) is 0. The molecule has 0 bridgehead atoms. The van der Waals surface area contributed by atoms with Gasteiger partial charge in [-0.3, -0.25) is 0 Å². The summed E-state index contributed by atoms with van der Waals surface area (Å²) in [5.74, 6) is 1.51. The normalized spacial score (nSPS) is 13.4. The molecule has 4 nitrogen and oxygen atoms in total. The van der Waals surface area contributed by atoms with Gasteiger partial charge in [0.25, 0.3) is 0 Å². The van der Waals surface area contributed by atoms with E-state index in [2.05, 4.69) is 158 Å². The van der Waals surface area contributed by atoms with E-state index in [0.717, 1.165) is 33.7 Å². The van der Waals surface area contributed by atoms with Crippen LogP contribution in [0.25, 0.3) is 50.0 Å². The molecule has 0 fully saturated rings. The van der Waals surface area contributed by atoms with Crippen LogP contribution in [0.2, 0.25) is 0 Å². The van der Waals surface area contributed by atoms with Crippen molar-refractivity contribution >= 4 is 38.6 Å². The third-order valence-electron chi connectivity index (χ3n) is 9.64. The molecule has 0 amide bonds. The molecule has 1 aliphatic rings. The predicted molar refractivity (Wildman–Crippen MR) is 194 cm³/mol. The van der Waals surface area contributed by atoms with E-state index in [4.69, 9.17) is 10.1 Å². The predicted octanol–water partition coefficient (Wildman–Crippen LogP) is 11.0. The summed E-state index contributed by atoms with van der Waals surface area (Å²) >= 11 is 0. The van der Waals surface area contributed by atoms with Gasteiger partial charge in [0.2, 0.25) is 0 Å². The smallest absolute Gasteiger partial charge is 0.182 e. The van der Waals surface area contributed by atoms with Crippen molar-refractivity contribution in [1.29, 1.82) is 0 Å². The highest BCUT2D eigenvalue weighted by molar-refractivity contribution is 6.13. The van der Waals surface area contributed by atoms with Crippen LogP contribution in [-0.4, -0.2) is 14.8 Å². The molecule has 2 heterocycles. The van der Waals surface area contributed by atoms with Crippen LogP contribution in [0.5, 0.6) is 0 Å². The fourth-order valence-electron chi connectivity index (χ4n) is 7.31. The van der Waals surface area contributed by atoms with Crippen LogP contribution >= 0.6 is 0 Å². The first-order valence-electron chi connectivity index (χ1n) is 16.1. The van der Waals surface area contributed by atoms with Gasteiger partial charge in [-0.25, -0.2) is 9.67 Å². The van der Waals surface area contributed by atoms with Crippen molar-refractivity contribution in [2.24, 2.45) is 0 Å². The minimum atomic E-state index is -0.0981. The second-order valence-electron chi connectivity index (χ2n) is 12.7. The Balaban J connectivity index is 1.20. The van der Waals surface area contributed by atoms with Crippen LogP contribution < -0.4 is 4.90 Å². The fraction of sp³-hybridized carbons (Fsp3) is 0.0698. The Hall–Kier alpha value is -6.00. The van der Waals surface area contributed by atoms with Crippen molar-refractivity contribution in [3.63, 3.8) is 0 Å². The number of anilines is 3.